The molecule has 0 aliphatic carbocycles. The number of carbonyl (C=O) groups is 2. The lowest BCUT2D eigenvalue weighted by molar-refractivity contribution is -0.137. The highest BCUT2D eigenvalue weighted by Crippen LogP contribution is 1.96. The summed E-state index contributed by atoms with van der Waals surface area (Å²) in [7, 11) is 0. The molecule has 0 heterocycles. The maximum atomic E-state index is 10.3. The van der Waals surface area contributed by atoms with E-state index >= 15 is 0 Å². The number of aliphatic hydroxyl groups excluding tert-OH is 8. The maximum Gasteiger partial charge on any atom is 0.189 e. The molecule has 20 heavy (non-hydrogen) atoms. The first-order valence-electron chi connectivity index (χ1n) is 5.47. The third-order valence-electron chi connectivity index (χ3n) is 2.11. The van der Waals surface area contributed by atoms with Gasteiger partial charge >= 0.3 is 0 Å². The van der Waals surface area contributed by atoms with Gasteiger partial charge < -0.3 is 45.6 Å². The Morgan fingerprint density at radius 2 is 1.35 bits per heavy atom. The monoisotopic (exact) mass is 300 g/mol. The fraction of sp³-hybridized carbons (Fsp3) is 0.800. The molecule has 10 nitrogen and oxygen atoms in total. The van der Waals surface area contributed by atoms with Crippen LogP contribution in [-0.2, 0) is 9.59 Å². The molecule has 0 aliphatic rings. The van der Waals surface area contributed by atoms with Crippen molar-refractivity contribution < 1.29 is 50.4 Å². The van der Waals surface area contributed by atoms with Crippen LogP contribution in [0.4, 0.5) is 0 Å². The average Bonchev–Trinajstić information content (AvgIpc) is 2.50. The van der Waals surface area contributed by atoms with E-state index in [0.29, 0.717) is 0 Å². The molecular formula is C10H20O10. The van der Waals surface area contributed by atoms with Crippen molar-refractivity contribution in [2.24, 2.45) is 0 Å². The van der Waals surface area contributed by atoms with Crippen LogP contribution in [0, 0.1) is 0 Å². The summed E-state index contributed by atoms with van der Waals surface area (Å²) in [4.78, 5) is 20.1. The minimum Gasteiger partial charge on any atom is -0.394 e. The van der Waals surface area contributed by atoms with Crippen molar-refractivity contribution in [2.45, 2.75) is 30.5 Å². The first-order chi connectivity index (χ1) is 9.26. The van der Waals surface area contributed by atoms with E-state index in [1.54, 1.807) is 0 Å². The van der Waals surface area contributed by atoms with Gasteiger partial charge in [-0.05, 0) is 0 Å². The first kappa shape index (κ1) is 21.3. The molecular weight excluding hydrogens is 280 g/mol. The number of ketones is 1. The number of aldehydes is 1. The van der Waals surface area contributed by atoms with Crippen LogP contribution in [-0.4, -0.2) is 103 Å². The number of hydrogen-bond donors (Lipinski definition) is 8. The molecule has 0 bridgehead atoms. The predicted octanol–water partition coefficient (Wildman–Crippen LogP) is -5.48. The highest BCUT2D eigenvalue weighted by Gasteiger charge is 2.23. The SMILES string of the molecule is O=C(CO)[C@@H](O)[C@H](O)CO.O=C[C@@H](O)[C@@H](O)[C@H](O)CO. The highest BCUT2D eigenvalue weighted by atomic mass is 16.4. The second-order valence-electron chi connectivity index (χ2n) is 3.69. The molecule has 0 rings (SSSR count). The third kappa shape index (κ3) is 8.24. The molecule has 10 heteroatoms. The van der Waals surface area contributed by atoms with Gasteiger partial charge in [-0.3, -0.25) is 4.79 Å². The number of aliphatic hydroxyl groups is 8. The summed E-state index contributed by atoms with van der Waals surface area (Å²) in [5, 5.41) is 67.7. The van der Waals surface area contributed by atoms with Crippen LogP contribution in [0.5, 0.6) is 0 Å². The molecule has 8 N–H and O–H groups in total. The van der Waals surface area contributed by atoms with Gasteiger partial charge in [-0.1, -0.05) is 0 Å². The summed E-state index contributed by atoms with van der Waals surface area (Å²) < 4.78 is 0. The van der Waals surface area contributed by atoms with Gasteiger partial charge in [0.15, 0.2) is 12.1 Å². The molecule has 0 fully saturated rings. The molecule has 0 amide bonds. The van der Waals surface area contributed by atoms with Gasteiger partial charge in [0.25, 0.3) is 0 Å². The maximum absolute atomic E-state index is 10.3. The van der Waals surface area contributed by atoms with Crippen LogP contribution in [0.15, 0.2) is 0 Å². The second kappa shape index (κ2) is 11.8. The van der Waals surface area contributed by atoms with Crippen molar-refractivity contribution in [1.29, 1.82) is 0 Å². The molecule has 0 aliphatic heterocycles. The van der Waals surface area contributed by atoms with E-state index in [0.717, 1.165) is 0 Å². The van der Waals surface area contributed by atoms with E-state index in [2.05, 4.69) is 0 Å². The second-order valence-corrected chi connectivity index (χ2v) is 3.69. The third-order valence-corrected chi connectivity index (χ3v) is 2.11. The van der Waals surface area contributed by atoms with Gasteiger partial charge in [0.1, 0.15) is 37.1 Å². The summed E-state index contributed by atoms with van der Waals surface area (Å²) in [5.74, 6) is -0.901. The number of rotatable bonds is 8. The molecule has 0 unspecified atom stereocenters. The Kier molecular flexibility index (Phi) is 12.6. The summed E-state index contributed by atoms with van der Waals surface area (Å²) in [6.45, 7) is -2.23. The fourth-order valence-corrected chi connectivity index (χ4v) is 0.824. The average molecular weight is 300 g/mol. The predicted molar refractivity (Wildman–Crippen MR) is 62.4 cm³/mol. The molecule has 0 saturated heterocycles. The number of Topliss-reactive ketones (excluding diaryl/α,β-unsaturated/α-hetero) is 1. The molecule has 5 atom stereocenters. The van der Waals surface area contributed by atoms with E-state index in [4.69, 9.17) is 40.9 Å². The minimum absolute atomic E-state index is 0.0869. The standard InChI is InChI=1S/2C5H10O5/c2*6-1-3(8)5(10)4(9)2-7/h3,5-8,10H,1-2H2;1,3-5,7-10H,2H2/t3-,5+;3-,4-,5-/m11/s1. The molecule has 0 saturated carbocycles. The van der Waals surface area contributed by atoms with Crippen LogP contribution in [0.3, 0.4) is 0 Å². The van der Waals surface area contributed by atoms with Crippen molar-refractivity contribution in [2.75, 3.05) is 19.8 Å². The van der Waals surface area contributed by atoms with Crippen molar-refractivity contribution >= 4 is 12.1 Å². The lowest BCUT2D eigenvalue weighted by Gasteiger charge is -2.16. The summed E-state index contributed by atoms with van der Waals surface area (Å²) in [5.41, 5.74) is 0. The zero-order valence-corrected chi connectivity index (χ0v) is 10.5. The minimum atomic E-state index is -1.69. The molecule has 0 aromatic rings. The van der Waals surface area contributed by atoms with Crippen LogP contribution in [0.2, 0.25) is 0 Å². The summed E-state index contributed by atoms with van der Waals surface area (Å²) >= 11 is 0. The van der Waals surface area contributed by atoms with Crippen molar-refractivity contribution in [3.63, 3.8) is 0 Å². The Balaban J connectivity index is 0. The van der Waals surface area contributed by atoms with Crippen LogP contribution in [0.1, 0.15) is 0 Å². The lowest BCUT2D eigenvalue weighted by atomic mass is 10.1. The van der Waals surface area contributed by atoms with Gasteiger partial charge in [0, 0.05) is 0 Å². The van der Waals surface area contributed by atoms with Crippen LogP contribution < -0.4 is 0 Å². The first-order valence-corrected chi connectivity index (χ1v) is 5.47. The number of carbonyl (C=O) groups excluding carboxylic acids is 2. The Hall–Kier alpha value is -0.980. The normalized spacial score (nSPS) is 18.0. The number of hydrogen-bond acceptors (Lipinski definition) is 10. The Morgan fingerprint density at radius 1 is 0.900 bits per heavy atom. The van der Waals surface area contributed by atoms with Crippen molar-refractivity contribution in [3.05, 3.63) is 0 Å². The van der Waals surface area contributed by atoms with Crippen molar-refractivity contribution in [3.8, 4) is 0 Å². The highest BCUT2D eigenvalue weighted by molar-refractivity contribution is 5.84. The van der Waals surface area contributed by atoms with E-state index in [1.165, 1.54) is 0 Å². The van der Waals surface area contributed by atoms with Crippen LogP contribution >= 0.6 is 0 Å². The lowest BCUT2D eigenvalue weighted by Crippen LogP contribution is -2.40. The Morgan fingerprint density at radius 3 is 1.65 bits per heavy atom. The van der Waals surface area contributed by atoms with Gasteiger partial charge in [0.2, 0.25) is 0 Å². The van der Waals surface area contributed by atoms with Gasteiger partial charge in [-0.15, -0.1) is 0 Å². The largest absolute Gasteiger partial charge is 0.394 e. The smallest absolute Gasteiger partial charge is 0.189 e. The topological polar surface area (TPSA) is 196 Å². The van der Waals surface area contributed by atoms with E-state index < -0.39 is 56.1 Å². The Labute approximate surface area is 114 Å². The van der Waals surface area contributed by atoms with Gasteiger partial charge in [-0.2, -0.15) is 0 Å². The fourth-order valence-electron chi connectivity index (χ4n) is 0.824. The van der Waals surface area contributed by atoms with E-state index in [1.807, 2.05) is 0 Å². The molecule has 0 radical (unpaired) electrons. The van der Waals surface area contributed by atoms with Gasteiger partial charge in [0.05, 0.1) is 13.2 Å². The zero-order valence-electron chi connectivity index (χ0n) is 10.5. The van der Waals surface area contributed by atoms with Crippen LogP contribution in [0.25, 0.3) is 0 Å². The molecule has 120 valence electrons. The van der Waals surface area contributed by atoms with Gasteiger partial charge in [-0.25, -0.2) is 0 Å². The summed E-state index contributed by atoms with van der Waals surface area (Å²) in [6, 6.07) is 0. The zero-order chi connectivity index (χ0) is 16.3. The Bertz CT molecular complexity index is 271. The quantitative estimate of drug-likeness (QED) is 0.200. The van der Waals surface area contributed by atoms with E-state index in [-0.39, 0.29) is 6.29 Å². The summed E-state index contributed by atoms with van der Waals surface area (Å²) in [6.07, 6.45) is -7.82. The van der Waals surface area contributed by atoms with Crippen molar-refractivity contribution in [1.82, 2.24) is 0 Å². The molecule has 0 aromatic carbocycles. The molecule has 0 aromatic heterocycles. The van der Waals surface area contributed by atoms with E-state index in [9.17, 15) is 9.59 Å². The molecule has 0 spiro atoms.